The summed E-state index contributed by atoms with van der Waals surface area (Å²) in [5, 5.41) is 0. The average molecular weight is 332 g/mol. The van der Waals surface area contributed by atoms with E-state index in [-0.39, 0.29) is 16.8 Å². The van der Waals surface area contributed by atoms with Crippen LogP contribution in [0.15, 0.2) is 42.5 Å². The van der Waals surface area contributed by atoms with E-state index in [9.17, 15) is 4.79 Å². The molecule has 25 heavy (non-hydrogen) atoms. The Morgan fingerprint density at radius 1 is 0.880 bits per heavy atom. The molecule has 1 aliphatic rings. The number of hydrogen-bond donors (Lipinski definition) is 0. The Morgan fingerprint density at radius 2 is 1.44 bits per heavy atom. The first-order valence-corrected chi connectivity index (χ1v) is 8.58. The minimum Gasteiger partial charge on any atom is -0.465 e. The van der Waals surface area contributed by atoms with Gasteiger partial charge in [0.15, 0.2) is 0 Å². The standard InChI is InChI=1S/C23H24O2/c1-22(2)15-23(3,4)20-14-17(10-13-19(20)22)7-6-16-8-11-18(12-9-16)21(24)25-5/h8-14H,15H2,1-5H3. The van der Waals surface area contributed by atoms with E-state index in [1.165, 1.54) is 18.2 Å². The molecule has 0 bridgehead atoms. The highest BCUT2D eigenvalue weighted by molar-refractivity contribution is 5.89. The van der Waals surface area contributed by atoms with Crippen LogP contribution in [-0.2, 0) is 15.6 Å². The molecule has 3 rings (SSSR count). The molecule has 0 aromatic heterocycles. The topological polar surface area (TPSA) is 26.3 Å². The van der Waals surface area contributed by atoms with Crippen molar-refractivity contribution < 1.29 is 9.53 Å². The molecule has 0 N–H and O–H groups in total. The molecule has 0 saturated carbocycles. The van der Waals surface area contributed by atoms with Gasteiger partial charge in [0.2, 0.25) is 0 Å². The molecule has 0 aliphatic heterocycles. The molecule has 2 heteroatoms. The molecule has 0 atom stereocenters. The van der Waals surface area contributed by atoms with Crippen LogP contribution in [0.2, 0.25) is 0 Å². The monoisotopic (exact) mass is 332 g/mol. The van der Waals surface area contributed by atoms with Gasteiger partial charge in [0.25, 0.3) is 0 Å². The summed E-state index contributed by atoms with van der Waals surface area (Å²) in [7, 11) is 1.38. The van der Waals surface area contributed by atoms with Crippen LogP contribution in [-0.4, -0.2) is 13.1 Å². The third-order valence-corrected chi connectivity index (χ3v) is 5.02. The molecule has 2 aromatic carbocycles. The molecule has 128 valence electrons. The van der Waals surface area contributed by atoms with E-state index in [4.69, 9.17) is 4.74 Å². The van der Waals surface area contributed by atoms with Crippen LogP contribution in [0, 0.1) is 11.8 Å². The van der Waals surface area contributed by atoms with Gasteiger partial charge in [0.1, 0.15) is 0 Å². The lowest BCUT2D eigenvalue weighted by Crippen LogP contribution is -2.17. The van der Waals surface area contributed by atoms with Crippen LogP contribution < -0.4 is 0 Å². The van der Waals surface area contributed by atoms with Crippen molar-refractivity contribution in [2.24, 2.45) is 0 Å². The fraction of sp³-hybridized carbons (Fsp3) is 0.348. The summed E-state index contributed by atoms with van der Waals surface area (Å²) in [6, 6.07) is 13.7. The highest BCUT2D eigenvalue weighted by Gasteiger charge is 2.41. The van der Waals surface area contributed by atoms with Crippen LogP contribution in [0.4, 0.5) is 0 Å². The summed E-state index contributed by atoms with van der Waals surface area (Å²) in [4.78, 5) is 11.5. The van der Waals surface area contributed by atoms with Gasteiger partial charge in [-0.3, -0.25) is 0 Å². The molecule has 2 nitrogen and oxygen atoms in total. The number of methoxy groups -OCH3 is 1. The normalized spacial score (nSPS) is 16.5. The Labute approximate surface area is 150 Å². The Balaban J connectivity index is 1.89. The minimum atomic E-state index is -0.331. The first kappa shape index (κ1) is 17.3. The number of benzene rings is 2. The van der Waals surface area contributed by atoms with Gasteiger partial charge in [-0.25, -0.2) is 4.79 Å². The number of ether oxygens (including phenoxy) is 1. The summed E-state index contributed by atoms with van der Waals surface area (Å²) in [5.74, 6) is 6.10. The molecule has 0 spiro atoms. The highest BCUT2D eigenvalue weighted by atomic mass is 16.5. The number of hydrogen-bond acceptors (Lipinski definition) is 2. The quantitative estimate of drug-likeness (QED) is 0.552. The van der Waals surface area contributed by atoms with Crippen molar-refractivity contribution in [1.29, 1.82) is 0 Å². The van der Waals surface area contributed by atoms with Crippen molar-refractivity contribution in [3.63, 3.8) is 0 Å². The van der Waals surface area contributed by atoms with E-state index < -0.39 is 0 Å². The Hall–Kier alpha value is -2.53. The lowest BCUT2D eigenvalue weighted by molar-refractivity contribution is 0.0600. The third kappa shape index (κ3) is 3.33. The molecule has 0 amide bonds. The highest BCUT2D eigenvalue weighted by Crippen LogP contribution is 2.49. The lowest BCUT2D eigenvalue weighted by atomic mass is 9.82. The second kappa shape index (κ2) is 6.08. The third-order valence-electron chi connectivity index (χ3n) is 5.02. The molecule has 0 saturated heterocycles. The van der Waals surface area contributed by atoms with E-state index in [1.807, 2.05) is 12.1 Å². The summed E-state index contributed by atoms with van der Waals surface area (Å²) in [6.45, 7) is 9.25. The predicted molar refractivity (Wildman–Crippen MR) is 101 cm³/mol. The first-order valence-electron chi connectivity index (χ1n) is 8.58. The van der Waals surface area contributed by atoms with Crippen LogP contribution in [0.5, 0.6) is 0 Å². The van der Waals surface area contributed by atoms with Gasteiger partial charge in [-0.1, -0.05) is 45.6 Å². The molecule has 0 fully saturated rings. The average Bonchev–Trinajstić information content (AvgIpc) is 2.77. The largest absolute Gasteiger partial charge is 0.465 e. The number of esters is 1. The number of carbonyl (C=O) groups excluding carboxylic acids is 1. The smallest absolute Gasteiger partial charge is 0.337 e. The van der Waals surface area contributed by atoms with E-state index in [2.05, 4.69) is 57.7 Å². The fourth-order valence-corrected chi connectivity index (χ4v) is 4.02. The van der Waals surface area contributed by atoms with Gasteiger partial charge in [0.05, 0.1) is 12.7 Å². The van der Waals surface area contributed by atoms with Crippen molar-refractivity contribution in [2.75, 3.05) is 7.11 Å². The number of fused-ring (bicyclic) bond motifs is 1. The summed E-state index contributed by atoms with van der Waals surface area (Å²) < 4.78 is 4.71. The van der Waals surface area contributed by atoms with Crippen molar-refractivity contribution in [1.82, 2.24) is 0 Å². The van der Waals surface area contributed by atoms with Gasteiger partial charge in [0, 0.05) is 11.1 Å². The fourth-order valence-electron chi connectivity index (χ4n) is 4.02. The van der Waals surface area contributed by atoms with E-state index in [0.717, 1.165) is 17.5 Å². The van der Waals surface area contributed by atoms with E-state index >= 15 is 0 Å². The molecular weight excluding hydrogens is 308 g/mol. The van der Waals surface area contributed by atoms with E-state index in [0.29, 0.717) is 5.56 Å². The van der Waals surface area contributed by atoms with Crippen LogP contribution >= 0.6 is 0 Å². The molecular formula is C23H24O2. The molecule has 0 unspecified atom stereocenters. The molecule has 2 aromatic rings. The van der Waals surface area contributed by atoms with Crippen molar-refractivity contribution in [3.05, 3.63) is 70.3 Å². The van der Waals surface area contributed by atoms with E-state index in [1.54, 1.807) is 12.1 Å². The van der Waals surface area contributed by atoms with Gasteiger partial charge >= 0.3 is 5.97 Å². The SMILES string of the molecule is COC(=O)c1ccc(C#Cc2ccc3c(c2)C(C)(C)CC3(C)C)cc1. The van der Waals surface area contributed by atoms with Crippen LogP contribution in [0.1, 0.15) is 66.7 Å². The molecule has 1 aliphatic carbocycles. The molecule has 0 radical (unpaired) electrons. The number of rotatable bonds is 1. The summed E-state index contributed by atoms with van der Waals surface area (Å²) >= 11 is 0. The van der Waals surface area contributed by atoms with Gasteiger partial charge in [-0.15, -0.1) is 0 Å². The lowest BCUT2D eigenvalue weighted by Gasteiger charge is -2.22. The van der Waals surface area contributed by atoms with Crippen molar-refractivity contribution in [2.45, 2.75) is 44.9 Å². The number of carbonyl (C=O) groups is 1. The maximum atomic E-state index is 11.5. The minimum absolute atomic E-state index is 0.179. The summed E-state index contributed by atoms with van der Waals surface area (Å²) in [6.07, 6.45) is 1.15. The summed E-state index contributed by atoms with van der Waals surface area (Å²) in [5.41, 5.74) is 5.69. The van der Waals surface area contributed by atoms with Crippen molar-refractivity contribution >= 4 is 5.97 Å². The Bertz CT molecular complexity index is 875. The maximum Gasteiger partial charge on any atom is 0.337 e. The first-order chi connectivity index (χ1) is 11.7. The van der Waals surface area contributed by atoms with Crippen LogP contribution in [0.3, 0.4) is 0 Å². The predicted octanol–water partition coefficient (Wildman–Crippen LogP) is 4.83. The second-order valence-electron chi connectivity index (χ2n) is 8.02. The zero-order valence-electron chi connectivity index (χ0n) is 15.6. The Kier molecular flexibility index (Phi) is 4.21. The van der Waals surface area contributed by atoms with Gasteiger partial charge in [-0.2, -0.15) is 0 Å². The van der Waals surface area contributed by atoms with Gasteiger partial charge in [-0.05, 0) is 64.8 Å². The zero-order valence-corrected chi connectivity index (χ0v) is 15.6. The Morgan fingerprint density at radius 3 is 2.08 bits per heavy atom. The second-order valence-corrected chi connectivity index (χ2v) is 8.02. The zero-order chi connectivity index (χ0) is 18.2. The molecule has 0 heterocycles. The van der Waals surface area contributed by atoms with Crippen LogP contribution in [0.25, 0.3) is 0 Å². The van der Waals surface area contributed by atoms with Crippen molar-refractivity contribution in [3.8, 4) is 11.8 Å². The maximum absolute atomic E-state index is 11.5. The van der Waals surface area contributed by atoms with Gasteiger partial charge < -0.3 is 4.74 Å².